The molecule has 146 valence electrons. The topological polar surface area (TPSA) is 77.4 Å². The minimum absolute atomic E-state index is 0. The molecule has 0 bridgehead atoms. The summed E-state index contributed by atoms with van der Waals surface area (Å²) in [6, 6.07) is 0. The van der Waals surface area contributed by atoms with E-state index in [4.69, 9.17) is 5.11 Å². The van der Waals surface area contributed by atoms with Crippen LogP contribution in [0, 0.1) is 0 Å². The molecule has 2 unspecified atom stereocenters. The SMILES string of the molecule is CCCCCC(CCCCCCCCCCCC(C)O)S(=O)(=O)[O-].[Na+]. The third-order valence-corrected chi connectivity index (χ3v) is 5.97. The van der Waals surface area contributed by atoms with Gasteiger partial charge in [-0.3, -0.25) is 0 Å². The smallest absolute Gasteiger partial charge is 0.748 e. The summed E-state index contributed by atoms with van der Waals surface area (Å²) >= 11 is 0. The van der Waals surface area contributed by atoms with Crippen LogP contribution in [0.25, 0.3) is 0 Å². The van der Waals surface area contributed by atoms with E-state index in [1.165, 1.54) is 32.1 Å². The predicted molar refractivity (Wildman–Crippen MR) is 100 cm³/mol. The monoisotopic (exact) mass is 386 g/mol. The molecule has 0 saturated carbocycles. The molecule has 1 N–H and O–H groups in total. The fraction of sp³-hybridized carbons (Fsp3) is 1.00. The van der Waals surface area contributed by atoms with Gasteiger partial charge in [0.1, 0.15) is 0 Å². The van der Waals surface area contributed by atoms with Gasteiger partial charge in [0.2, 0.25) is 0 Å². The molecule has 0 aliphatic heterocycles. The Morgan fingerprint density at radius 2 is 1.12 bits per heavy atom. The summed E-state index contributed by atoms with van der Waals surface area (Å²) in [7, 11) is -4.13. The average molecular weight is 387 g/mol. The van der Waals surface area contributed by atoms with Gasteiger partial charge in [0, 0.05) is 5.25 Å². The van der Waals surface area contributed by atoms with Crippen molar-refractivity contribution in [1.29, 1.82) is 0 Å². The largest absolute Gasteiger partial charge is 1.00 e. The average Bonchev–Trinajstić information content (AvgIpc) is 2.49. The van der Waals surface area contributed by atoms with Crippen LogP contribution < -0.4 is 29.6 Å². The minimum atomic E-state index is -4.13. The molecule has 0 amide bonds. The van der Waals surface area contributed by atoms with Crippen LogP contribution in [0.2, 0.25) is 0 Å². The summed E-state index contributed by atoms with van der Waals surface area (Å²) in [6.45, 7) is 3.92. The van der Waals surface area contributed by atoms with Crippen molar-refractivity contribution in [3.63, 3.8) is 0 Å². The fourth-order valence-corrected chi connectivity index (χ4v) is 4.01. The van der Waals surface area contributed by atoms with E-state index in [9.17, 15) is 13.0 Å². The molecule has 6 heteroatoms. The second kappa shape index (κ2) is 18.2. The van der Waals surface area contributed by atoms with Crippen LogP contribution in [0.1, 0.15) is 110 Å². The van der Waals surface area contributed by atoms with Crippen molar-refractivity contribution in [2.75, 3.05) is 0 Å². The van der Waals surface area contributed by atoms with Crippen LogP contribution in [-0.2, 0) is 10.1 Å². The van der Waals surface area contributed by atoms with E-state index in [1.807, 2.05) is 6.92 Å². The first-order valence-electron chi connectivity index (χ1n) is 10.0. The summed E-state index contributed by atoms with van der Waals surface area (Å²) < 4.78 is 33.9. The molecule has 0 fully saturated rings. The molecule has 0 aliphatic carbocycles. The van der Waals surface area contributed by atoms with Crippen molar-refractivity contribution in [1.82, 2.24) is 0 Å². The van der Waals surface area contributed by atoms with E-state index in [1.54, 1.807) is 0 Å². The Balaban J connectivity index is 0. The summed E-state index contributed by atoms with van der Waals surface area (Å²) in [4.78, 5) is 0. The van der Waals surface area contributed by atoms with Gasteiger partial charge in [0.15, 0.2) is 0 Å². The molecule has 0 saturated heterocycles. The minimum Gasteiger partial charge on any atom is -0.748 e. The van der Waals surface area contributed by atoms with Crippen molar-refractivity contribution in [2.24, 2.45) is 0 Å². The van der Waals surface area contributed by atoms with E-state index in [0.717, 1.165) is 51.4 Å². The van der Waals surface area contributed by atoms with E-state index >= 15 is 0 Å². The second-order valence-corrected chi connectivity index (χ2v) is 8.87. The normalized spacial score (nSPS) is 14.1. The van der Waals surface area contributed by atoms with Crippen molar-refractivity contribution in [2.45, 2.75) is 122 Å². The number of rotatable bonds is 17. The molecule has 0 aliphatic rings. The van der Waals surface area contributed by atoms with Gasteiger partial charge in [-0.25, -0.2) is 8.42 Å². The Morgan fingerprint density at radius 1 is 0.760 bits per heavy atom. The zero-order valence-corrected chi connectivity index (χ0v) is 19.7. The molecule has 4 nitrogen and oxygen atoms in total. The maximum Gasteiger partial charge on any atom is 1.00 e. The van der Waals surface area contributed by atoms with Crippen molar-refractivity contribution >= 4 is 10.1 Å². The maximum atomic E-state index is 11.3. The third kappa shape index (κ3) is 19.4. The molecule has 0 spiro atoms. The standard InChI is InChI=1S/C19H40O4S.Na/c1-3-4-12-16-19(24(21,22)23)17-14-11-9-7-5-6-8-10-13-15-18(2)20;/h18-20H,3-17H2,1-2H3,(H,21,22,23);/q;+1/p-1. The third-order valence-electron chi connectivity index (χ3n) is 4.69. The molecule has 0 aromatic carbocycles. The van der Waals surface area contributed by atoms with Gasteiger partial charge in [-0.2, -0.15) is 0 Å². The van der Waals surface area contributed by atoms with Crippen molar-refractivity contribution in [3.05, 3.63) is 0 Å². The molecule has 0 rings (SSSR count). The van der Waals surface area contributed by atoms with Crippen LogP contribution >= 0.6 is 0 Å². The van der Waals surface area contributed by atoms with Crippen LogP contribution in [0.3, 0.4) is 0 Å². The Morgan fingerprint density at radius 3 is 1.48 bits per heavy atom. The van der Waals surface area contributed by atoms with Crippen LogP contribution in [-0.4, -0.2) is 29.4 Å². The number of hydrogen-bond acceptors (Lipinski definition) is 4. The number of unbranched alkanes of at least 4 members (excludes halogenated alkanes) is 10. The molecular formula is C19H39NaO4S. The quantitative estimate of drug-likeness (QED) is 0.236. The van der Waals surface area contributed by atoms with Crippen molar-refractivity contribution in [3.8, 4) is 0 Å². The molecule has 0 heterocycles. The Bertz CT molecular complexity index is 372. The van der Waals surface area contributed by atoms with Gasteiger partial charge in [-0.05, 0) is 26.2 Å². The van der Waals surface area contributed by atoms with E-state index < -0.39 is 15.4 Å². The van der Waals surface area contributed by atoms with Crippen LogP contribution in [0.4, 0.5) is 0 Å². The van der Waals surface area contributed by atoms with Crippen LogP contribution in [0.15, 0.2) is 0 Å². The van der Waals surface area contributed by atoms with Gasteiger partial charge in [-0.1, -0.05) is 84.0 Å². The van der Waals surface area contributed by atoms with Gasteiger partial charge in [0.25, 0.3) is 0 Å². The fourth-order valence-electron chi connectivity index (χ4n) is 3.10. The summed E-state index contributed by atoms with van der Waals surface area (Å²) in [5.74, 6) is 0. The molecule has 0 aromatic heterocycles. The maximum absolute atomic E-state index is 11.3. The summed E-state index contributed by atoms with van der Waals surface area (Å²) in [6.07, 6.45) is 14.9. The first-order chi connectivity index (χ1) is 11.4. The number of aliphatic hydroxyl groups excluding tert-OH is 1. The molecular weight excluding hydrogens is 347 g/mol. The molecule has 0 radical (unpaired) electrons. The number of hydrogen-bond donors (Lipinski definition) is 1. The van der Waals surface area contributed by atoms with Crippen molar-refractivity contribution < 1.29 is 47.6 Å². The number of aliphatic hydroxyl groups is 1. The zero-order valence-electron chi connectivity index (χ0n) is 16.8. The Hall–Kier alpha value is 0.870. The zero-order chi connectivity index (χ0) is 18.3. The van der Waals surface area contributed by atoms with E-state index in [0.29, 0.717) is 12.8 Å². The molecule has 2 atom stereocenters. The van der Waals surface area contributed by atoms with Gasteiger partial charge in [0.05, 0.1) is 16.2 Å². The van der Waals surface area contributed by atoms with E-state index in [-0.39, 0.29) is 35.7 Å². The molecule has 25 heavy (non-hydrogen) atoms. The molecule has 0 aromatic rings. The van der Waals surface area contributed by atoms with Crippen LogP contribution in [0.5, 0.6) is 0 Å². The predicted octanol–water partition coefficient (Wildman–Crippen LogP) is 2.16. The first-order valence-corrected chi connectivity index (χ1v) is 11.5. The summed E-state index contributed by atoms with van der Waals surface area (Å²) in [5, 5.41) is 8.50. The van der Waals surface area contributed by atoms with Gasteiger partial charge >= 0.3 is 29.6 Å². The van der Waals surface area contributed by atoms with E-state index in [2.05, 4.69) is 6.92 Å². The summed E-state index contributed by atoms with van der Waals surface area (Å²) in [5.41, 5.74) is 0. The van der Waals surface area contributed by atoms with Gasteiger partial charge in [-0.15, -0.1) is 0 Å². The van der Waals surface area contributed by atoms with Gasteiger partial charge < -0.3 is 9.66 Å². The second-order valence-electron chi connectivity index (χ2n) is 7.22. The first kappa shape index (κ1) is 28.1. The Kier molecular flexibility index (Phi) is 20.5. The Labute approximate surface area is 178 Å².